The molecule has 25 heavy (non-hydrogen) atoms. The lowest BCUT2D eigenvalue weighted by atomic mass is 9.84. The van der Waals surface area contributed by atoms with Crippen molar-refractivity contribution in [3.63, 3.8) is 0 Å². The molecule has 1 heterocycles. The van der Waals surface area contributed by atoms with Crippen LogP contribution in [0.1, 0.15) is 64.7 Å². The standard InChI is InChI=1S/C21H34O4/c1-2-3-6-9-17(22)12-13-19-18(16-14-20(19)25-15-16)10-7-4-5-8-11-21(23)24/h4,7,12-13,16-20,22H,2-3,5-6,8-11,14-15H2,1H3,(H,23,24)/t16-,17-,18+,19-,20-/m0/s1. The van der Waals surface area contributed by atoms with Crippen LogP contribution in [0.5, 0.6) is 0 Å². The molecule has 1 saturated heterocycles. The van der Waals surface area contributed by atoms with E-state index in [2.05, 4.69) is 25.2 Å². The van der Waals surface area contributed by atoms with Gasteiger partial charge in [-0.3, -0.25) is 4.79 Å². The molecule has 1 aliphatic heterocycles. The Labute approximate surface area is 152 Å². The van der Waals surface area contributed by atoms with E-state index in [-0.39, 0.29) is 12.5 Å². The lowest BCUT2D eigenvalue weighted by Crippen LogP contribution is -2.27. The van der Waals surface area contributed by atoms with Crippen molar-refractivity contribution in [1.29, 1.82) is 0 Å². The summed E-state index contributed by atoms with van der Waals surface area (Å²) in [5.74, 6) is 0.902. The average molecular weight is 350 g/mol. The Hall–Kier alpha value is -1.13. The van der Waals surface area contributed by atoms with E-state index < -0.39 is 5.97 Å². The molecule has 4 heteroatoms. The highest BCUT2D eigenvalue weighted by Gasteiger charge is 2.46. The first-order valence-electron chi connectivity index (χ1n) is 9.96. The van der Waals surface area contributed by atoms with Gasteiger partial charge in [0.15, 0.2) is 0 Å². The maximum atomic E-state index is 10.5. The lowest BCUT2D eigenvalue weighted by Gasteiger charge is -2.28. The molecule has 1 aliphatic carbocycles. The molecule has 0 unspecified atom stereocenters. The summed E-state index contributed by atoms with van der Waals surface area (Å²) in [7, 11) is 0. The van der Waals surface area contributed by atoms with Crippen LogP contribution in [0.3, 0.4) is 0 Å². The van der Waals surface area contributed by atoms with Gasteiger partial charge in [-0.1, -0.05) is 50.5 Å². The van der Waals surface area contributed by atoms with Crippen LogP contribution in [0.4, 0.5) is 0 Å². The van der Waals surface area contributed by atoms with Crippen molar-refractivity contribution in [1.82, 2.24) is 0 Å². The van der Waals surface area contributed by atoms with Crippen LogP contribution in [-0.4, -0.2) is 35.0 Å². The lowest BCUT2D eigenvalue weighted by molar-refractivity contribution is -0.137. The first-order chi connectivity index (χ1) is 12.1. The van der Waals surface area contributed by atoms with E-state index in [1.807, 2.05) is 6.08 Å². The van der Waals surface area contributed by atoms with Crippen molar-refractivity contribution in [3.8, 4) is 0 Å². The van der Waals surface area contributed by atoms with Gasteiger partial charge in [-0.15, -0.1) is 0 Å². The zero-order valence-corrected chi connectivity index (χ0v) is 15.5. The fourth-order valence-electron chi connectivity index (χ4n) is 4.15. The molecule has 0 aromatic heterocycles. The average Bonchev–Trinajstić information content (AvgIpc) is 3.17. The maximum Gasteiger partial charge on any atom is 0.303 e. The number of hydrogen-bond acceptors (Lipinski definition) is 3. The SMILES string of the molecule is CCCCC[C@H](O)C=C[C@H]1[C@H](CC=CCCCC(=O)O)[C@@H]2CO[C@H]1C2. The van der Waals surface area contributed by atoms with Gasteiger partial charge in [0.1, 0.15) is 0 Å². The molecular formula is C21H34O4. The Morgan fingerprint density at radius 1 is 1.28 bits per heavy atom. The number of hydrogen-bond donors (Lipinski definition) is 2. The summed E-state index contributed by atoms with van der Waals surface area (Å²) in [4.78, 5) is 10.5. The molecule has 4 nitrogen and oxygen atoms in total. The topological polar surface area (TPSA) is 66.8 Å². The molecule has 5 atom stereocenters. The normalized spacial score (nSPS) is 29.8. The van der Waals surface area contributed by atoms with Crippen LogP contribution >= 0.6 is 0 Å². The van der Waals surface area contributed by atoms with Gasteiger partial charge in [0.25, 0.3) is 0 Å². The second-order valence-corrected chi connectivity index (χ2v) is 7.55. The highest BCUT2D eigenvalue weighted by atomic mass is 16.5. The van der Waals surface area contributed by atoms with Crippen LogP contribution in [0.25, 0.3) is 0 Å². The van der Waals surface area contributed by atoms with Gasteiger partial charge in [-0.2, -0.15) is 0 Å². The van der Waals surface area contributed by atoms with Crippen LogP contribution in [0, 0.1) is 17.8 Å². The minimum Gasteiger partial charge on any atom is -0.481 e. The van der Waals surface area contributed by atoms with Crippen LogP contribution in [0.15, 0.2) is 24.3 Å². The molecule has 2 bridgehead atoms. The smallest absolute Gasteiger partial charge is 0.303 e. The first kappa shape index (κ1) is 20.2. The zero-order chi connectivity index (χ0) is 18.1. The Kier molecular flexibility index (Phi) is 8.70. The largest absolute Gasteiger partial charge is 0.481 e. The number of carbonyl (C=O) groups is 1. The Bertz CT molecular complexity index is 457. The van der Waals surface area contributed by atoms with Gasteiger partial charge < -0.3 is 14.9 Å². The predicted octanol–water partition coefficient (Wildman–Crippen LogP) is 4.34. The third-order valence-electron chi connectivity index (χ3n) is 5.58. The van der Waals surface area contributed by atoms with E-state index in [4.69, 9.17) is 9.84 Å². The Morgan fingerprint density at radius 2 is 2.12 bits per heavy atom. The summed E-state index contributed by atoms with van der Waals surface area (Å²) < 4.78 is 5.87. The Balaban J connectivity index is 1.78. The summed E-state index contributed by atoms with van der Waals surface area (Å²) >= 11 is 0. The van der Waals surface area contributed by atoms with E-state index in [0.29, 0.717) is 30.3 Å². The summed E-state index contributed by atoms with van der Waals surface area (Å²) in [5.41, 5.74) is 0. The molecule has 142 valence electrons. The molecular weight excluding hydrogens is 316 g/mol. The van der Waals surface area contributed by atoms with Crippen molar-refractivity contribution >= 4 is 5.97 Å². The number of ether oxygens (including phenoxy) is 1. The van der Waals surface area contributed by atoms with Crippen molar-refractivity contribution in [3.05, 3.63) is 24.3 Å². The first-order valence-corrected chi connectivity index (χ1v) is 9.96. The fraction of sp³-hybridized carbons (Fsp3) is 0.762. The summed E-state index contributed by atoms with van der Waals surface area (Å²) in [5, 5.41) is 18.8. The van der Waals surface area contributed by atoms with Crippen LogP contribution in [-0.2, 0) is 9.53 Å². The van der Waals surface area contributed by atoms with E-state index in [0.717, 1.165) is 38.7 Å². The summed E-state index contributed by atoms with van der Waals surface area (Å²) in [6.07, 6.45) is 16.7. The van der Waals surface area contributed by atoms with Gasteiger partial charge in [-0.25, -0.2) is 0 Å². The molecule has 1 saturated carbocycles. The molecule has 0 spiro atoms. The molecule has 0 aromatic carbocycles. The van der Waals surface area contributed by atoms with E-state index in [9.17, 15) is 9.90 Å². The number of fused-ring (bicyclic) bond motifs is 2. The third kappa shape index (κ3) is 6.59. The minimum atomic E-state index is -0.721. The molecule has 2 fully saturated rings. The number of aliphatic hydroxyl groups is 1. The van der Waals surface area contributed by atoms with Gasteiger partial charge in [0.2, 0.25) is 0 Å². The number of rotatable bonds is 12. The molecule has 2 aliphatic rings. The molecule has 0 radical (unpaired) electrons. The summed E-state index contributed by atoms with van der Waals surface area (Å²) in [6, 6.07) is 0. The Morgan fingerprint density at radius 3 is 2.88 bits per heavy atom. The highest BCUT2D eigenvalue weighted by molar-refractivity contribution is 5.66. The number of carboxylic acids is 1. The number of aliphatic carboxylic acids is 1. The van der Waals surface area contributed by atoms with Crippen LogP contribution < -0.4 is 0 Å². The molecule has 2 rings (SSSR count). The quantitative estimate of drug-likeness (QED) is 0.406. The van der Waals surface area contributed by atoms with Gasteiger partial charge in [0, 0.05) is 12.3 Å². The van der Waals surface area contributed by atoms with Gasteiger partial charge in [0.05, 0.1) is 18.8 Å². The number of carboxylic acid groups (broad SMARTS) is 1. The second-order valence-electron chi connectivity index (χ2n) is 7.55. The van der Waals surface area contributed by atoms with Crippen molar-refractivity contribution in [2.75, 3.05) is 6.61 Å². The number of aliphatic hydroxyl groups excluding tert-OH is 1. The minimum absolute atomic E-state index is 0.244. The molecule has 2 N–H and O–H groups in total. The monoisotopic (exact) mass is 350 g/mol. The summed E-state index contributed by atoms with van der Waals surface area (Å²) in [6.45, 7) is 3.04. The van der Waals surface area contributed by atoms with Crippen LogP contribution in [0.2, 0.25) is 0 Å². The zero-order valence-electron chi connectivity index (χ0n) is 15.5. The second kappa shape index (κ2) is 10.8. The predicted molar refractivity (Wildman–Crippen MR) is 99.4 cm³/mol. The van der Waals surface area contributed by atoms with E-state index in [1.54, 1.807) is 0 Å². The highest BCUT2D eigenvalue weighted by Crippen LogP contribution is 2.47. The molecule has 0 amide bonds. The van der Waals surface area contributed by atoms with E-state index >= 15 is 0 Å². The third-order valence-corrected chi connectivity index (χ3v) is 5.58. The number of unbranched alkanes of at least 4 members (excludes halogenated alkanes) is 3. The fourth-order valence-corrected chi connectivity index (χ4v) is 4.15. The maximum absolute atomic E-state index is 10.5. The number of allylic oxidation sites excluding steroid dienone is 2. The van der Waals surface area contributed by atoms with Gasteiger partial charge >= 0.3 is 5.97 Å². The van der Waals surface area contributed by atoms with E-state index in [1.165, 1.54) is 12.8 Å². The van der Waals surface area contributed by atoms with Gasteiger partial charge in [-0.05, 0) is 43.9 Å². The van der Waals surface area contributed by atoms with Crippen molar-refractivity contribution in [2.24, 2.45) is 17.8 Å². The van der Waals surface area contributed by atoms with Crippen molar-refractivity contribution in [2.45, 2.75) is 76.9 Å². The van der Waals surface area contributed by atoms with Crippen molar-refractivity contribution < 1.29 is 19.7 Å². The molecule has 0 aromatic rings.